The average molecular weight is 562 g/mol. The summed E-state index contributed by atoms with van der Waals surface area (Å²) in [5.74, 6) is 0.314. The maximum atomic E-state index is 15.0. The molecule has 2 saturated heterocycles. The first-order valence-electron chi connectivity index (χ1n) is 13.7. The highest BCUT2D eigenvalue weighted by molar-refractivity contribution is 6.32. The van der Waals surface area contributed by atoms with Gasteiger partial charge in [-0.2, -0.15) is 0 Å². The van der Waals surface area contributed by atoms with Crippen molar-refractivity contribution >= 4 is 17.4 Å². The fraction of sp³-hybridized carbons (Fsp3) is 0.355. The van der Waals surface area contributed by atoms with Crippen LogP contribution in [-0.4, -0.2) is 55.3 Å². The van der Waals surface area contributed by atoms with E-state index in [1.54, 1.807) is 49.9 Å². The summed E-state index contributed by atoms with van der Waals surface area (Å²) in [4.78, 5) is 22.0. The lowest BCUT2D eigenvalue weighted by Crippen LogP contribution is -2.49. The van der Waals surface area contributed by atoms with Crippen LogP contribution >= 0.6 is 11.6 Å². The van der Waals surface area contributed by atoms with Gasteiger partial charge in [-0.05, 0) is 87.2 Å². The van der Waals surface area contributed by atoms with Crippen molar-refractivity contribution in [2.75, 3.05) is 24.5 Å². The third-order valence-electron chi connectivity index (χ3n) is 8.53. The third kappa shape index (κ3) is 4.49. The first kappa shape index (κ1) is 26.6. The van der Waals surface area contributed by atoms with Crippen molar-refractivity contribution in [3.8, 4) is 33.7 Å². The van der Waals surface area contributed by atoms with Crippen molar-refractivity contribution in [1.82, 2.24) is 19.0 Å². The van der Waals surface area contributed by atoms with Crippen molar-refractivity contribution in [2.24, 2.45) is 7.05 Å². The number of nitrogens with zero attached hydrogens (tertiary/aromatic N) is 5. The molecule has 9 heteroatoms. The SMILES string of the molecule is CC(C)N1CCCC12CCN(c1cc(-c3cc(F)cc(-c4ccc(-n5ccn(C)c5=O)c(Cl)c4)c3O)ccn1)C2. The van der Waals surface area contributed by atoms with Crippen LogP contribution in [0, 0.1) is 5.82 Å². The average Bonchev–Trinajstić information content (AvgIpc) is 3.65. The number of imidazole rings is 1. The van der Waals surface area contributed by atoms with E-state index >= 15 is 0 Å². The van der Waals surface area contributed by atoms with Gasteiger partial charge in [0.2, 0.25) is 0 Å². The summed E-state index contributed by atoms with van der Waals surface area (Å²) >= 11 is 6.56. The zero-order valence-corrected chi connectivity index (χ0v) is 23.7. The number of benzene rings is 2. The van der Waals surface area contributed by atoms with Gasteiger partial charge in [0.05, 0.1) is 10.7 Å². The Morgan fingerprint density at radius 2 is 1.77 bits per heavy atom. The van der Waals surface area contributed by atoms with Crippen LogP contribution in [0.5, 0.6) is 5.75 Å². The molecule has 6 rings (SSSR count). The molecule has 1 spiro atoms. The van der Waals surface area contributed by atoms with Gasteiger partial charge in [0.15, 0.2) is 0 Å². The summed E-state index contributed by atoms with van der Waals surface area (Å²) in [5, 5.41) is 11.7. The molecular weight excluding hydrogens is 529 g/mol. The van der Waals surface area contributed by atoms with Crippen molar-refractivity contribution < 1.29 is 9.50 Å². The monoisotopic (exact) mass is 561 g/mol. The summed E-state index contributed by atoms with van der Waals surface area (Å²) in [6.45, 7) is 7.49. The first-order valence-corrected chi connectivity index (χ1v) is 14.1. The molecule has 2 aliphatic heterocycles. The number of phenols is 1. The summed E-state index contributed by atoms with van der Waals surface area (Å²) < 4.78 is 17.9. The quantitative estimate of drug-likeness (QED) is 0.331. The minimum Gasteiger partial charge on any atom is -0.507 e. The number of halogens is 2. The molecule has 0 amide bonds. The molecule has 2 aliphatic rings. The maximum absolute atomic E-state index is 15.0. The van der Waals surface area contributed by atoms with Crippen LogP contribution in [0.15, 0.2) is 65.8 Å². The van der Waals surface area contributed by atoms with Crippen LogP contribution in [0.4, 0.5) is 10.2 Å². The number of pyridine rings is 1. The van der Waals surface area contributed by atoms with Crippen LogP contribution in [-0.2, 0) is 7.05 Å². The Hall–Kier alpha value is -3.62. The molecule has 4 aromatic rings. The highest BCUT2D eigenvalue weighted by Crippen LogP contribution is 2.43. The van der Waals surface area contributed by atoms with Gasteiger partial charge in [-0.3, -0.25) is 9.47 Å². The van der Waals surface area contributed by atoms with Crippen LogP contribution in [0.2, 0.25) is 5.02 Å². The molecule has 0 radical (unpaired) electrons. The van der Waals surface area contributed by atoms with Crippen LogP contribution < -0.4 is 10.6 Å². The molecule has 1 atom stereocenters. The number of likely N-dealkylation sites (tertiary alicyclic amines) is 1. The molecule has 4 heterocycles. The van der Waals surface area contributed by atoms with Crippen LogP contribution in [0.1, 0.15) is 33.1 Å². The highest BCUT2D eigenvalue weighted by atomic mass is 35.5. The molecular formula is C31H33ClFN5O2. The first-order chi connectivity index (χ1) is 19.2. The molecule has 0 saturated carbocycles. The molecule has 1 N–H and O–H groups in total. The zero-order valence-electron chi connectivity index (χ0n) is 22.9. The lowest BCUT2D eigenvalue weighted by Gasteiger charge is -2.38. The summed E-state index contributed by atoms with van der Waals surface area (Å²) in [7, 11) is 1.66. The van der Waals surface area contributed by atoms with E-state index in [-0.39, 0.29) is 17.0 Å². The molecule has 2 aromatic heterocycles. The van der Waals surface area contributed by atoms with Gasteiger partial charge in [-0.25, -0.2) is 14.2 Å². The van der Waals surface area contributed by atoms with E-state index in [2.05, 4.69) is 28.6 Å². The number of aromatic hydroxyl groups is 1. The fourth-order valence-electron chi connectivity index (χ4n) is 6.57. The topological polar surface area (TPSA) is 66.5 Å². The Balaban J connectivity index is 1.33. The summed E-state index contributed by atoms with van der Waals surface area (Å²) in [6, 6.07) is 11.9. The predicted molar refractivity (Wildman–Crippen MR) is 157 cm³/mol. The molecule has 0 bridgehead atoms. The molecule has 0 aliphatic carbocycles. The second-order valence-corrected chi connectivity index (χ2v) is 11.7. The normalized spacial score (nSPS) is 19.4. The van der Waals surface area contributed by atoms with Crippen LogP contribution in [0.25, 0.3) is 27.9 Å². The Morgan fingerprint density at radius 3 is 2.45 bits per heavy atom. The van der Waals surface area contributed by atoms with E-state index in [0.29, 0.717) is 39.0 Å². The van der Waals surface area contributed by atoms with Crippen molar-refractivity contribution in [3.05, 3.63) is 82.4 Å². The molecule has 208 valence electrons. The van der Waals surface area contributed by atoms with Crippen molar-refractivity contribution in [3.63, 3.8) is 0 Å². The second kappa shape index (κ2) is 10.1. The minimum absolute atomic E-state index is 0.0427. The van der Waals surface area contributed by atoms with Crippen LogP contribution in [0.3, 0.4) is 0 Å². The van der Waals surface area contributed by atoms with Gasteiger partial charge in [0, 0.05) is 61.4 Å². The number of phenolic OH excluding ortho intramolecular Hbond substituents is 1. The fourth-order valence-corrected chi connectivity index (χ4v) is 6.84. The number of hydrogen-bond donors (Lipinski definition) is 1. The van der Waals surface area contributed by atoms with E-state index in [0.717, 1.165) is 31.9 Å². The Morgan fingerprint density at radius 1 is 1.02 bits per heavy atom. The van der Waals surface area contributed by atoms with Crippen molar-refractivity contribution in [2.45, 2.75) is 44.7 Å². The second-order valence-electron chi connectivity index (χ2n) is 11.3. The van der Waals surface area contributed by atoms with E-state index in [1.807, 2.05) is 6.07 Å². The lowest BCUT2D eigenvalue weighted by atomic mass is 9.94. The highest BCUT2D eigenvalue weighted by Gasteiger charge is 2.47. The van der Waals surface area contributed by atoms with Gasteiger partial charge >= 0.3 is 5.69 Å². The number of hydrogen-bond acceptors (Lipinski definition) is 5. The Bertz CT molecular complexity index is 1650. The predicted octanol–water partition coefficient (Wildman–Crippen LogP) is 5.86. The smallest absolute Gasteiger partial charge is 0.332 e. The molecule has 40 heavy (non-hydrogen) atoms. The van der Waals surface area contributed by atoms with E-state index in [1.165, 1.54) is 34.1 Å². The van der Waals surface area contributed by atoms with E-state index in [9.17, 15) is 14.3 Å². The number of aryl methyl sites for hydroxylation is 1. The Labute approximate surface area is 238 Å². The van der Waals surface area contributed by atoms with E-state index in [4.69, 9.17) is 11.6 Å². The lowest BCUT2D eigenvalue weighted by molar-refractivity contribution is 0.120. The van der Waals surface area contributed by atoms with E-state index < -0.39 is 5.82 Å². The Kier molecular flexibility index (Phi) is 6.71. The largest absolute Gasteiger partial charge is 0.507 e. The maximum Gasteiger partial charge on any atom is 0.332 e. The number of aromatic nitrogens is 3. The minimum atomic E-state index is -0.473. The van der Waals surface area contributed by atoms with Gasteiger partial charge in [0.25, 0.3) is 0 Å². The summed E-state index contributed by atoms with van der Waals surface area (Å²) in [6.07, 6.45) is 8.51. The molecule has 1 unspecified atom stereocenters. The molecule has 2 fully saturated rings. The third-order valence-corrected chi connectivity index (χ3v) is 8.83. The zero-order chi connectivity index (χ0) is 28.2. The summed E-state index contributed by atoms with van der Waals surface area (Å²) in [5.41, 5.74) is 2.39. The number of rotatable bonds is 5. The molecule has 2 aromatic carbocycles. The van der Waals surface area contributed by atoms with Crippen molar-refractivity contribution in [1.29, 1.82) is 0 Å². The standard InChI is InChI=1S/C31H33ClFN5O2/c1-20(2)38-11-4-8-31(38)9-12-36(19-31)28-16-22(7-10-34-28)25-18-23(33)17-24(29(25)39)21-5-6-27(26(32)15-21)37-14-13-35(3)30(37)40/h5-7,10,13-18,20,39H,4,8-9,11-12,19H2,1-3H3. The van der Waals surface area contributed by atoms with Gasteiger partial charge < -0.3 is 14.6 Å². The van der Waals surface area contributed by atoms with Gasteiger partial charge in [-0.1, -0.05) is 17.7 Å². The van der Waals surface area contributed by atoms with Gasteiger partial charge in [-0.15, -0.1) is 0 Å². The van der Waals surface area contributed by atoms with Gasteiger partial charge in [0.1, 0.15) is 17.4 Å². The number of anilines is 1. The molecule has 7 nitrogen and oxygen atoms in total.